The van der Waals surface area contributed by atoms with Crippen LogP contribution in [0.25, 0.3) is 0 Å². The first-order valence-corrected chi connectivity index (χ1v) is 11.1. The van der Waals surface area contributed by atoms with Crippen molar-refractivity contribution < 1.29 is 19.4 Å². The van der Waals surface area contributed by atoms with Crippen molar-refractivity contribution in [1.82, 2.24) is 5.32 Å². The third-order valence-electron chi connectivity index (χ3n) is 6.18. The quantitative estimate of drug-likeness (QED) is 0.606. The van der Waals surface area contributed by atoms with E-state index in [2.05, 4.69) is 29.6 Å². The predicted molar refractivity (Wildman–Crippen MR) is 123 cm³/mol. The Labute approximate surface area is 190 Å². The maximum atomic E-state index is 11.5. The van der Waals surface area contributed by atoms with Gasteiger partial charge >= 0.3 is 5.97 Å². The average Bonchev–Trinajstić information content (AvgIpc) is 3.24. The van der Waals surface area contributed by atoms with Gasteiger partial charge in [-0.15, -0.1) is 12.4 Å². The number of ether oxygens (including phenoxy) is 2. The zero-order valence-corrected chi connectivity index (χ0v) is 18.9. The number of aliphatic hydroxyl groups excluding tert-OH is 1. The number of hydrogen-bond donors (Lipinski definition) is 2. The number of fused-ring (bicyclic) bond motifs is 2. The fourth-order valence-corrected chi connectivity index (χ4v) is 4.54. The normalized spacial score (nSPS) is 17.8. The molecule has 5 nitrogen and oxygen atoms in total. The van der Waals surface area contributed by atoms with Gasteiger partial charge in [-0.25, -0.2) is 4.79 Å². The average molecular weight is 446 g/mol. The van der Waals surface area contributed by atoms with Crippen LogP contribution in [0.4, 0.5) is 0 Å². The van der Waals surface area contributed by atoms with Crippen molar-refractivity contribution in [2.24, 2.45) is 0 Å². The summed E-state index contributed by atoms with van der Waals surface area (Å²) in [7, 11) is 0. The molecule has 0 spiro atoms. The van der Waals surface area contributed by atoms with Gasteiger partial charge in [-0.05, 0) is 85.4 Å². The largest absolute Gasteiger partial charge is 0.482 e. The SMILES string of the molecule is CCOC(=O)COc1ccc2c(c1)C[C@@H](NC[C@@H](O)c1ccc3c(c1)CCC3)CC2.Cl. The molecule has 0 saturated carbocycles. The Bertz CT molecular complexity index is 901. The maximum Gasteiger partial charge on any atom is 0.344 e. The second-order valence-corrected chi connectivity index (χ2v) is 8.27. The van der Waals surface area contributed by atoms with E-state index >= 15 is 0 Å². The highest BCUT2D eigenvalue weighted by atomic mass is 35.5. The lowest BCUT2D eigenvalue weighted by Crippen LogP contribution is -2.37. The molecule has 0 saturated heterocycles. The van der Waals surface area contributed by atoms with E-state index in [1.165, 1.54) is 28.7 Å². The molecule has 2 aliphatic rings. The predicted octanol–water partition coefficient (Wildman–Crippen LogP) is 3.72. The van der Waals surface area contributed by atoms with Gasteiger partial charge in [-0.3, -0.25) is 0 Å². The Morgan fingerprint density at radius 2 is 1.87 bits per heavy atom. The third kappa shape index (κ3) is 6.00. The van der Waals surface area contributed by atoms with Crippen LogP contribution in [0.1, 0.15) is 53.7 Å². The summed E-state index contributed by atoms with van der Waals surface area (Å²) >= 11 is 0. The van der Waals surface area contributed by atoms with E-state index < -0.39 is 6.10 Å². The van der Waals surface area contributed by atoms with Crippen molar-refractivity contribution in [2.75, 3.05) is 19.8 Å². The van der Waals surface area contributed by atoms with E-state index in [-0.39, 0.29) is 25.0 Å². The van der Waals surface area contributed by atoms with E-state index in [0.29, 0.717) is 24.9 Å². The topological polar surface area (TPSA) is 67.8 Å². The van der Waals surface area contributed by atoms with Crippen LogP contribution in [0, 0.1) is 0 Å². The van der Waals surface area contributed by atoms with E-state index in [9.17, 15) is 9.90 Å². The molecule has 2 aliphatic carbocycles. The molecule has 2 aromatic rings. The standard InChI is InChI=1S/C25H31NO4.ClH/c1-2-29-25(28)16-30-23-11-9-18-8-10-22(13-21(18)14-23)26-15-24(27)20-7-6-17-4-3-5-19(17)12-20;/h6-7,9,11-12,14,22,24,26-27H,2-5,8,10,13,15-16H2,1H3;1H/t22-,24+;/m0./s1. The minimum atomic E-state index is -0.489. The number of hydrogen-bond acceptors (Lipinski definition) is 5. The monoisotopic (exact) mass is 445 g/mol. The summed E-state index contributed by atoms with van der Waals surface area (Å²) in [6.45, 7) is 2.63. The van der Waals surface area contributed by atoms with Crippen molar-refractivity contribution in [1.29, 1.82) is 0 Å². The van der Waals surface area contributed by atoms with Gasteiger partial charge in [0.05, 0.1) is 12.7 Å². The van der Waals surface area contributed by atoms with Crippen molar-refractivity contribution in [3.8, 4) is 5.75 Å². The van der Waals surface area contributed by atoms with Crippen LogP contribution in [0.5, 0.6) is 5.75 Å². The van der Waals surface area contributed by atoms with Crippen LogP contribution in [0.3, 0.4) is 0 Å². The van der Waals surface area contributed by atoms with E-state index in [1.807, 2.05) is 12.1 Å². The molecule has 0 radical (unpaired) electrons. The lowest BCUT2D eigenvalue weighted by Gasteiger charge is -2.27. The Balaban J connectivity index is 0.00000272. The highest BCUT2D eigenvalue weighted by Gasteiger charge is 2.21. The van der Waals surface area contributed by atoms with Crippen molar-refractivity contribution in [3.63, 3.8) is 0 Å². The second kappa shape index (κ2) is 11.0. The molecule has 0 heterocycles. The lowest BCUT2D eigenvalue weighted by molar-refractivity contribution is -0.145. The number of carbonyl (C=O) groups excluding carboxylic acids is 1. The molecule has 0 bridgehead atoms. The number of esters is 1. The van der Waals surface area contributed by atoms with Gasteiger partial charge in [-0.2, -0.15) is 0 Å². The molecule has 168 valence electrons. The summed E-state index contributed by atoms with van der Waals surface area (Å²) in [4.78, 5) is 11.5. The summed E-state index contributed by atoms with van der Waals surface area (Å²) in [5.74, 6) is 0.343. The molecule has 0 fully saturated rings. The highest BCUT2D eigenvalue weighted by molar-refractivity contribution is 5.85. The van der Waals surface area contributed by atoms with Gasteiger partial charge in [0, 0.05) is 12.6 Å². The van der Waals surface area contributed by atoms with Crippen molar-refractivity contribution in [3.05, 3.63) is 64.2 Å². The Kier molecular flexibility index (Phi) is 8.35. The van der Waals surface area contributed by atoms with Crippen LogP contribution in [0.2, 0.25) is 0 Å². The molecule has 2 atom stereocenters. The molecule has 2 N–H and O–H groups in total. The van der Waals surface area contributed by atoms with Gasteiger partial charge in [0.1, 0.15) is 5.75 Å². The summed E-state index contributed by atoms with van der Waals surface area (Å²) in [6, 6.07) is 12.8. The maximum absolute atomic E-state index is 11.5. The van der Waals surface area contributed by atoms with E-state index in [0.717, 1.165) is 37.7 Å². The minimum Gasteiger partial charge on any atom is -0.482 e. The van der Waals surface area contributed by atoms with Gasteiger partial charge in [0.15, 0.2) is 6.61 Å². The molecule has 2 aromatic carbocycles. The van der Waals surface area contributed by atoms with E-state index in [4.69, 9.17) is 9.47 Å². The first-order chi connectivity index (χ1) is 14.6. The highest BCUT2D eigenvalue weighted by Crippen LogP contribution is 2.27. The molecule has 0 aromatic heterocycles. The summed E-state index contributed by atoms with van der Waals surface area (Å²) < 4.78 is 10.5. The lowest BCUT2D eigenvalue weighted by atomic mass is 9.88. The Morgan fingerprint density at radius 3 is 2.71 bits per heavy atom. The summed E-state index contributed by atoms with van der Waals surface area (Å²) in [5, 5.41) is 14.2. The molecule has 0 unspecified atom stereocenters. The van der Waals surface area contributed by atoms with Crippen LogP contribution in [-0.2, 0) is 35.2 Å². The van der Waals surface area contributed by atoms with E-state index in [1.54, 1.807) is 6.92 Å². The molecule has 4 rings (SSSR count). The second-order valence-electron chi connectivity index (χ2n) is 8.27. The number of halogens is 1. The molecule has 31 heavy (non-hydrogen) atoms. The van der Waals surface area contributed by atoms with Crippen LogP contribution in [0.15, 0.2) is 36.4 Å². The molecular weight excluding hydrogens is 414 g/mol. The first kappa shape index (κ1) is 23.6. The van der Waals surface area contributed by atoms with Crippen LogP contribution in [-0.4, -0.2) is 36.9 Å². The number of rotatable bonds is 8. The fraction of sp³-hybridized carbons (Fsp3) is 0.480. The number of aliphatic hydroxyl groups is 1. The molecule has 6 heteroatoms. The van der Waals surface area contributed by atoms with Gasteiger partial charge in [-0.1, -0.05) is 24.3 Å². The van der Waals surface area contributed by atoms with Crippen LogP contribution < -0.4 is 10.1 Å². The number of aryl methyl sites for hydroxylation is 3. The fourth-order valence-electron chi connectivity index (χ4n) is 4.54. The van der Waals surface area contributed by atoms with Gasteiger partial charge < -0.3 is 19.9 Å². The summed E-state index contributed by atoms with van der Waals surface area (Å²) in [6.07, 6.45) is 5.97. The smallest absolute Gasteiger partial charge is 0.344 e. The zero-order valence-electron chi connectivity index (χ0n) is 18.1. The van der Waals surface area contributed by atoms with Crippen molar-refractivity contribution >= 4 is 18.4 Å². The van der Waals surface area contributed by atoms with Crippen LogP contribution >= 0.6 is 12.4 Å². The molecule has 0 amide bonds. The number of benzene rings is 2. The van der Waals surface area contributed by atoms with Crippen molar-refractivity contribution in [2.45, 2.75) is 57.6 Å². The first-order valence-electron chi connectivity index (χ1n) is 11.1. The Morgan fingerprint density at radius 1 is 1.10 bits per heavy atom. The molecular formula is C25H32ClNO4. The number of nitrogens with one attached hydrogen (secondary N) is 1. The Hall–Kier alpha value is -2.08. The van der Waals surface area contributed by atoms with Gasteiger partial charge in [0.2, 0.25) is 0 Å². The third-order valence-corrected chi connectivity index (χ3v) is 6.18. The number of carbonyl (C=O) groups is 1. The zero-order chi connectivity index (χ0) is 20.9. The summed E-state index contributed by atoms with van der Waals surface area (Å²) in [5.41, 5.74) is 6.41. The minimum absolute atomic E-state index is 0. The molecule has 0 aliphatic heterocycles. The van der Waals surface area contributed by atoms with Gasteiger partial charge in [0.25, 0.3) is 0 Å².